The van der Waals surface area contributed by atoms with Crippen molar-refractivity contribution in [3.05, 3.63) is 57.3 Å². The molecule has 1 aromatic carbocycles. The second-order valence-electron chi connectivity index (χ2n) is 4.37. The van der Waals surface area contributed by atoms with E-state index in [4.69, 9.17) is 9.15 Å². The molecular formula is C15H15FINO3. The lowest BCUT2D eigenvalue weighted by molar-refractivity contribution is 0.0916. The molecule has 0 spiro atoms. The summed E-state index contributed by atoms with van der Waals surface area (Å²) < 4.78 is 24.1. The fourth-order valence-electron chi connectivity index (χ4n) is 1.71. The number of carbonyl (C=O) groups excluding carboxylic acids is 1. The molecule has 0 aliphatic rings. The quantitative estimate of drug-likeness (QED) is 0.570. The first-order valence-electron chi connectivity index (χ1n) is 6.50. The Bertz CT molecular complexity index is 587. The number of rotatable bonds is 7. The van der Waals surface area contributed by atoms with E-state index in [0.717, 1.165) is 5.76 Å². The van der Waals surface area contributed by atoms with E-state index in [1.807, 2.05) is 34.7 Å². The van der Waals surface area contributed by atoms with E-state index in [1.54, 1.807) is 6.26 Å². The lowest BCUT2D eigenvalue weighted by Gasteiger charge is -2.07. The average Bonchev–Trinajstić information content (AvgIpc) is 2.95. The van der Waals surface area contributed by atoms with Crippen molar-refractivity contribution in [3.63, 3.8) is 0 Å². The van der Waals surface area contributed by atoms with Gasteiger partial charge >= 0.3 is 0 Å². The van der Waals surface area contributed by atoms with Gasteiger partial charge in [0.2, 0.25) is 0 Å². The monoisotopic (exact) mass is 403 g/mol. The molecule has 4 nitrogen and oxygen atoms in total. The standard InChI is InChI=1S/C15H15FINO3/c16-11-4-5-13(14(17)9-11)15(19)18-6-2-7-20-10-12-3-1-8-21-12/h1,3-5,8-9H,2,6-7,10H2,(H,18,19). The van der Waals surface area contributed by atoms with Gasteiger partial charge in [0.05, 0.1) is 11.8 Å². The lowest BCUT2D eigenvalue weighted by atomic mass is 10.2. The second-order valence-corrected chi connectivity index (χ2v) is 5.53. The summed E-state index contributed by atoms with van der Waals surface area (Å²) in [4.78, 5) is 11.9. The largest absolute Gasteiger partial charge is 0.467 e. The van der Waals surface area contributed by atoms with Crippen LogP contribution in [0.4, 0.5) is 4.39 Å². The number of hydrogen-bond acceptors (Lipinski definition) is 3. The van der Waals surface area contributed by atoms with Crippen LogP contribution >= 0.6 is 22.6 Å². The van der Waals surface area contributed by atoms with Gasteiger partial charge in [-0.05, 0) is 59.3 Å². The van der Waals surface area contributed by atoms with E-state index >= 15 is 0 Å². The number of amides is 1. The first kappa shape index (κ1) is 16.0. The van der Waals surface area contributed by atoms with Gasteiger partial charge in [0, 0.05) is 16.7 Å². The summed E-state index contributed by atoms with van der Waals surface area (Å²) in [7, 11) is 0. The number of carbonyl (C=O) groups is 1. The molecule has 0 fully saturated rings. The van der Waals surface area contributed by atoms with Gasteiger partial charge in [0.15, 0.2) is 0 Å². The highest BCUT2D eigenvalue weighted by atomic mass is 127. The minimum Gasteiger partial charge on any atom is -0.467 e. The van der Waals surface area contributed by atoms with Gasteiger partial charge in [-0.1, -0.05) is 0 Å². The van der Waals surface area contributed by atoms with Crippen molar-refractivity contribution in [2.24, 2.45) is 0 Å². The van der Waals surface area contributed by atoms with Gasteiger partial charge in [0.1, 0.15) is 18.2 Å². The third-order valence-corrected chi connectivity index (χ3v) is 3.64. The maximum absolute atomic E-state index is 13.0. The van der Waals surface area contributed by atoms with Gasteiger partial charge in [-0.3, -0.25) is 4.79 Å². The predicted molar refractivity (Wildman–Crippen MR) is 84.4 cm³/mol. The van der Waals surface area contributed by atoms with Crippen molar-refractivity contribution in [2.45, 2.75) is 13.0 Å². The molecule has 1 aromatic heterocycles. The fraction of sp³-hybridized carbons (Fsp3) is 0.267. The van der Waals surface area contributed by atoms with Crippen molar-refractivity contribution in [1.29, 1.82) is 0 Å². The van der Waals surface area contributed by atoms with Crippen LogP contribution in [0.2, 0.25) is 0 Å². The van der Waals surface area contributed by atoms with Crippen LogP contribution in [0, 0.1) is 9.39 Å². The maximum atomic E-state index is 13.0. The van der Waals surface area contributed by atoms with Crippen molar-refractivity contribution in [1.82, 2.24) is 5.32 Å². The molecule has 0 aliphatic carbocycles. The van der Waals surface area contributed by atoms with Crippen molar-refractivity contribution < 1.29 is 18.3 Å². The Morgan fingerprint density at radius 1 is 1.38 bits per heavy atom. The summed E-state index contributed by atoms with van der Waals surface area (Å²) in [6, 6.07) is 7.76. The van der Waals surface area contributed by atoms with Crippen LogP contribution in [0.5, 0.6) is 0 Å². The van der Waals surface area contributed by atoms with E-state index in [0.29, 0.717) is 35.3 Å². The van der Waals surface area contributed by atoms with E-state index in [1.165, 1.54) is 18.2 Å². The maximum Gasteiger partial charge on any atom is 0.252 e. The zero-order valence-corrected chi connectivity index (χ0v) is 13.4. The van der Waals surface area contributed by atoms with Gasteiger partial charge in [-0.2, -0.15) is 0 Å². The summed E-state index contributed by atoms with van der Waals surface area (Å²) in [6.45, 7) is 1.46. The molecule has 1 heterocycles. The third-order valence-electron chi connectivity index (χ3n) is 2.75. The molecule has 0 atom stereocenters. The van der Waals surface area contributed by atoms with Crippen LogP contribution < -0.4 is 5.32 Å². The lowest BCUT2D eigenvalue weighted by Crippen LogP contribution is -2.26. The number of halogens is 2. The summed E-state index contributed by atoms with van der Waals surface area (Å²) in [5.41, 5.74) is 0.480. The molecule has 2 aromatic rings. The number of hydrogen-bond donors (Lipinski definition) is 1. The normalized spacial score (nSPS) is 10.6. The minimum absolute atomic E-state index is 0.203. The van der Waals surface area contributed by atoms with Crippen LogP contribution in [0.15, 0.2) is 41.0 Å². The Balaban J connectivity index is 1.65. The van der Waals surface area contributed by atoms with E-state index in [-0.39, 0.29) is 11.7 Å². The molecule has 0 saturated carbocycles. The second kappa shape index (κ2) is 8.14. The number of ether oxygens (including phenoxy) is 1. The van der Waals surface area contributed by atoms with Gasteiger partial charge < -0.3 is 14.5 Å². The summed E-state index contributed by atoms with van der Waals surface area (Å²) >= 11 is 1.95. The summed E-state index contributed by atoms with van der Waals surface area (Å²) in [5.74, 6) is 0.229. The molecule has 1 amide bonds. The molecule has 0 unspecified atom stereocenters. The van der Waals surface area contributed by atoms with E-state index in [2.05, 4.69) is 5.32 Å². The van der Waals surface area contributed by atoms with E-state index < -0.39 is 0 Å². The molecule has 2 rings (SSSR count). The molecule has 1 N–H and O–H groups in total. The third kappa shape index (κ3) is 5.13. The van der Waals surface area contributed by atoms with Crippen molar-refractivity contribution >= 4 is 28.5 Å². The van der Waals surface area contributed by atoms with Crippen LogP contribution in [-0.4, -0.2) is 19.1 Å². The van der Waals surface area contributed by atoms with Gasteiger partial charge in [-0.15, -0.1) is 0 Å². The smallest absolute Gasteiger partial charge is 0.252 e. The minimum atomic E-state index is -0.345. The molecule has 21 heavy (non-hydrogen) atoms. The Morgan fingerprint density at radius 3 is 2.95 bits per heavy atom. The van der Waals surface area contributed by atoms with Crippen LogP contribution in [0.1, 0.15) is 22.5 Å². The molecule has 0 bridgehead atoms. The molecule has 6 heteroatoms. The SMILES string of the molecule is O=C(NCCCOCc1ccco1)c1ccc(F)cc1I. The van der Waals surface area contributed by atoms with Gasteiger partial charge in [0.25, 0.3) is 5.91 Å². The summed E-state index contributed by atoms with van der Waals surface area (Å²) in [6.07, 6.45) is 2.30. The highest BCUT2D eigenvalue weighted by molar-refractivity contribution is 14.1. The first-order chi connectivity index (χ1) is 10.2. The first-order valence-corrected chi connectivity index (χ1v) is 7.58. The molecule has 0 aliphatic heterocycles. The number of benzene rings is 1. The molecule has 0 saturated heterocycles. The van der Waals surface area contributed by atoms with Crippen LogP contribution in [0.3, 0.4) is 0 Å². The predicted octanol–water partition coefficient (Wildman–Crippen LogP) is 3.36. The number of furan rings is 1. The van der Waals surface area contributed by atoms with Gasteiger partial charge in [-0.25, -0.2) is 4.39 Å². The Hall–Kier alpha value is -1.41. The molecular weight excluding hydrogens is 388 g/mol. The topological polar surface area (TPSA) is 51.5 Å². The van der Waals surface area contributed by atoms with Crippen LogP contribution in [-0.2, 0) is 11.3 Å². The zero-order chi connectivity index (χ0) is 15.1. The molecule has 0 radical (unpaired) electrons. The average molecular weight is 403 g/mol. The summed E-state index contributed by atoms with van der Waals surface area (Å²) in [5, 5.41) is 2.78. The van der Waals surface area contributed by atoms with Crippen molar-refractivity contribution in [2.75, 3.05) is 13.2 Å². The highest BCUT2D eigenvalue weighted by Gasteiger charge is 2.09. The Kier molecular flexibility index (Phi) is 6.19. The fourth-order valence-corrected chi connectivity index (χ4v) is 2.43. The highest BCUT2D eigenvalue weighted by Crippen LogP contribution is 2.13. The van der Waals surface area contributed by atoms with Crippen LogP contribution in [0.25, 0.3) is 0 Å². The van der Waals surface area contributed by atoms with Crippen molar-refractivity contribution in [3.8, 4) is 0 Å². The zero-order valence-electron chi connectivity index (χ0n) is 11.3. The van der Waals surface area contributed by atoms with E-state index in [9.17, 15) is 9.18 Å². The Morgan fingerprint density at radius 2 is 2.24 bits per heavy atom. The Labute approximate surface area is 135 Å². The molecule has 112 valence electrons. The number of nitrogens with one attached hydrogen (secondary N) is 1.